The van der Waals surface area contributed by atoms with Gasteiger partial charge in [-0.3, -0.25) is 24.6 Å². The van der Waals surface area contributed by atoms with E-state index in [1.165, 1.54) is 31.0 Å². The van der Waals surface area contributed by atoms with Crippen molar-refractivity contribution in [2.75, 3.05) is 25.0 Å². The Labute approximate surface area is 181 Å². The molecule has 2 heterocycles. The van der Waals surface area contributed by atoms with E-state index in [-0.39, 0.29) is 11.7 Å². The summed E-state index contributed by atoms with van der Waals surface area (Å²) in [5, 5.41) is 16.2. The number of non-ortho nitro benzene ring substituents is 1. The number of hydrogen-bond acceptors (Lipinski definition) is 5. The molecule has 3 rings (SSSR count). The number of nitrogens with zero attached hydrogens (tertiary/aromatic N) is 3. The quantitative estimate of drug-likeness (QED) is 0.418. The molecule has 2 amide bonds. The number of aromatic nitrogens is 1. The molecule has 1 fully saturated rings. The molecule has 1 unspecified atom stereocenters. The summed E-state index contributed by atoms with van der Waals surface area (Å²) >= 11 is 0. The van der Waals surface area contributed by atoms with E-state index in [1.54, 1.807) is 6.92 Å². The maximum Gasteiger partial charge on any atom is 0.313 e. The van der Waals surface area contributed by atoms with E-state index in [0.717, 1.165) is 31.6 Å². The van der Waals surface area contributed by atoms with Gasteiger partial charge in [0.25, 0.3) is 5.69 Å². The van der Waals surface area contributed by atoms with Gasteiger partial charge < -0.3 is 15.2 Å². The third-order valence-electron chi connectivity index (χ3n) is 5.74. The Balaban J connectivity index is 1.65. The summed E-state index contributed by atoms with van der Waals surface area (Å²) in [6.45, 7) is 3.88. The molecule has 2 N–H and O–H groups in total. The highest BCUT2D eigenvalue weighted by Crippen LogP contribution is 2.24. The number of anilines is 1. The van der Waals surface area contributed by atoms with E-state index in [9.17, 15) is 19.7 Å². The highest BCUT2D eigenvalue weighted by Gasteiger charge is 2.25. The molecule has 0 aliphatic carbocycles. The van der Waals surface area contributed by atoms with Crippen molar-refractivity contribution in [2.24, 2.45) is 7.05 Å². The molecule has 1 atom stereocenters. The predicted molar refractivity (Wildman–Crippen MR) is 118 cm³/mol. The first-order valence-corrected chi connectivity index (χ1v) is 10.6. The molecule has 2 aromatic rings. The number of carbonyl (C=O) groups is 2. The van der Waals surface area contributed by atoms with Crippen molar-refractivity contribution < 1.29 is 14.5 Å². The van der Waals surface area contributed by atoms with Crippen LogP contribution in [0.5, 0.6) is 0 Å². The third-order valence-corrected chi connectivity index (χ3v) is 5.74. The first-order chi connectivity index (χ1) is 14.9. The van der Waals surface area contributed by atoms with Gasteiger partial charge >= 0.3 is 11.8 Å². The number of rotatable bonds is 6. The monoisotopic (exact) mass is 427 g/mol. The fraction of sp³-hybridized carbons (Fsp3) is 0.455. The average Bonchev–Trinajstić information content (AvgIpc) is 2.99. The molecule has 0 saturated carbocycles. The average molecular weight is 428 g/mol. The van der Waals surface area contributed by atoms with Crippen LogP contribution in [0.4, 0.5) is 11.4 Å². The topological polar surface area (TPSA) is 110 Å². The number of likely N-dealkylation sites (tertiary alicyclic amines) is 1. The van der Waals surface area contributed by atoms with Crippen LogP contribution in [0.25, 0.3) is 0 Å². The van der Waals surface area contributed by atoms with E-state index in [2.05, 4.69) is 15.5 Å². The van der Waals surface area contributed by atoms with Gasteiger partial charge in [-0.15, -0.1) is 0 Å². The Morgan fingerprint density at radius 2 is 1.84 bits per heavy atom. The Hall–Kier alpha value is -3.20. The number of aryl methyl sites for hydroxylation is 2. The van der Waals surface area contributed by atoms with Gasteiger partial charge in [0, 0.05) is 43.3 Å². The summed E-state index contributed by atoms with van der Waals surface area (Å²) in [6, 6.07) is 8.09. The highest BCUT2D eigenvalue weighted by molar-refractivity contribution is 6.39. The second-order valence-electron chi connectivity index (χ2n) is 7.93. The number of carbonyl (C=O) groups excluding carboxylic acids is 2. The molecular formula is C22H29N5O4. The van der Waals surface area contributed by atoms with Crippen LogP contribution >= 0.6 is 0 Å². The summed E-state index contributed by atoms with van der Waals surface area (Å²) < 4.78 is 2.04. The Bertz CT molecular complexity index is 947. The van der Waals surface area contributed by atoms with Gasteiger partial charge in [-0.05, 0) is 56.6 Å². The van der Waals surface area contributed by atoms with E-state index < -0.39 is 16.7 Å². The zero-order valence-electron chi connectivity index (χ0n) is 18.0. The number of amides is 2. The highest BCUT2D eigenvalue weighted by atomic mass is 16.6. The lowest BCUT2D eigenvalue weighted by Gasteiger charge is -2.31. The zero-order chi connectivity index (χ0) is 22.4. The van der Waals surface area contributed by atoms with E-state index in [4.69, 9.17) is 0 Å². The summed E-state index contributed by atoms with van der Waals surface area (Å²) in [5.74, 6) is -1.52. The van der Waals surface area contributed by atoms with Crippen molar-refractivity contribution in [3.05, 3.63) is 57.9 Å². The fourth-order valence-corrected chi connectivity index (χ4v) is 4.00. The van der Waals surface area contributed by atoms with Crippen molar-refractivity contribution in [3.63, 3.8) is 0 Å². The molecule has 1 aromatic heterocycles. The van der Waals surface area contributed by atoms with Gasteiger partial charge in [-0.25, -0.2) is 0 Å². The number of benzene rings is 1. The molecule has 166 valence electrons. The van der Waals surface area contributed by atoms with Crippen LogP contribution in [-0.4, -0.2) is 45.8 Å². The molecule has 31 heavy (non-hydrogen) atoms. The minimum atomic E-state index is -0.793. The van der Waals surface area contributed by atoms with Crippen molar-refractivity contribution >= 4 is 23.2 Å². The Morgan fingerprint density at radius 1 is 1.13 bits per heavy atom. The molecule has 1 aromatic carbocycles. The predicted octanol–water partition coefficient (Wildman–Crippen LogP) is 2.91. The summed E-state index contributed by atoms with van der Waals surface area (Å²) in [5.41, 5.74) is 1.91. The largest absolute Gasteiger partial charge is 0.353 e. The molecule has 1 aliphatic rings. The first kappa shape index (κ1) is 22.5. The van der Waals surface area contributed by atoms with Gasteiger partial charge in [0.2, 0.25) is 0 Å². The van der Waals surface area contributed by atoms with Crippen LogP contribution in [0.3, 0.4) is 0 Å². The van der Waals surface area contributed by atoms with Gasteiger partial charge in [0.15, 0.2) is 0 Å². The molecule has 1 saturated heterocycles. The molecule has 0 bridgehead atoms. The van der Waals surface area contributed by atoms with E-state index >= 15 is 0 Å². The van der Waals surface area contributed by atoms with Crippen molar-refractivity contribution in [2.45, 2.75) is 38.6 Å². The SMILES string of the molecule is Cc1cc([N+](=O)[O-])ccc1NC(=O)C(=O)NCC(c1cccn1C)N1CCCCCC1. The van der Waals surface area contributed by atoms with Gasteiger partial charge in [0.05, 0.1) is 11.0 Å². The van der Waals surface area contributed by atoms with Crippen molar-refractivity contribution in [1.29, 1.82) is 0 Å². The number of nitro groups is 1. The zero-order valence-corrected chi connectivity index (χ0v) is 18.0. The van der Waals surface area contributed by atoms with Crippen molar-refractivity contribution in [3.8, 4) is 0 Å². The van der Waals surface area contributed by atoms with Gasteiger partial charge in [-0.1, -0.05) is 12.8 Å². The number of hydrogen-bond donors (Lipinski definition) is 2. The van der Waals surface area contributed by atoms with Gasteiger partial charge in [0.1, 0.15) is 0 Å². The number of nitrogens with one attached hydrogen (secondary N) is 2. The second kappa shape index (κ2) is 10.2. The van der Waals surface area contributed by atoms with Crippen LogP contribution < -0.4 is 10.6 Å². The standard InChI is InChI=1S/C22H29N5O4/c1-16-14-17(27(30)31)9-10-18(16)24-22(29)21(28)23-15-20(19-8-7-11-25(19)2)26-12-5-3-4-6-13-26/h7-11,14,20H,3-6,12-13,15H2,1-2H3,(H,23,28)(H,24,29). The fourth-order valence-electron chi connectivity index (χ4n) is 4.00. The Kier molecular flexibility index (Phi) is 7.41. The number of nitro benzene ring substituents is 1. The van der Waals surface area contributed by atoms with Crippen LogP contribution in [-0.2, 0) is 16.6 Å². The van der Waals surface area contributed by atoms with E-state index in [0.29, 0.717) is 17.8 Å². The maximum absolute atomic E-state index is 12.5. The van der Waals surface area contributed by atoms with Crippen LogP contribution in [0.1, 0.15) is 43.0 Å². The molecule has 1 aliphatic heterocycles. The third kappa shape index (κ3) is 5.69. The molecular weight excluding hydrogens is 398 g/mol. The molecule has 0 radical (unpaired) electrons. The smallest absolute Gasteiger partial charge is 0.313 e. The second-order valence-corrected chi connectivity index (χ2v) is 7.93. The van der Waals surface area contributed by atoms with E-state index in [1.807, 2.05) is 29.9 Å². The molecule has 9 heteroatoms. The van der Waals surface area contributed by atoms with Crippen LogP contribution in [0, 0.1) is 17.0 Å². The minimum absolute atomic E-state index is 0.0176. The summed E-state index contributed by atoms with van der Waals surface area (Å²) in [6.07, 6.45) is 6.63. The lowest BCUT2D eigenvalue weighted by molar-refractivity contribution is -0.384. The first-order valence-electron chi connectivity index (χ1n) is 10.6. The lowest BCUT2D eigenvalue weighted by atomic mass is 10.1. The minimum Gasteiger partial charge on any atom is -0.353 e. The Morgan fingerprint density at radius 3 is 2.42 bits per heavy atom. The molecule has 0 spiro atoms. The van der Waals surface area contributed by atoms with Crippen LogP contribution in [0.15, 0.2) is 36.5 Å². The maximum atomic E-state index is 12.5. The van der Waals surface area contributed by atoms with Crippen LogP contribution in [0.2, 0.25) is 0 Å². The van der Waals surface area contributed by atoms with Crippen molar-refractivity contribution in [1.82, 2.24) is 14.8 Å². The summed E-state index contributed by atoms with van der Waals surface area (Å²) in [4.78, 5) is 37.6. The van der Waals surface area contributed by atoms with Gasteiger partial charge in [-0.2, -0.15) is 0 Å². The normalized spacial score (nSPS) is 15.7. The molecule has 9 nitrogen and oxygen atoms in total. The lowest BCUT2D eigenvalue weighted by Crippen LogP contribution is -2.43. The summed E-state index contributed by atoms with van der Waals surface area (Å²) in [7, 11) is 1.98.